The van der Waals surface area contributed by atoms with Crippen molar-refractivity contribution in [1.82, 2.24) is 4.98 Å². The molecule has 1 N–H and O–H groups in total. The van der Waals surface area contributed by atoms with E-state index in [9.17, 15) is 23.9 Å². The molecule has 0 saturated carbocycles. The quantitative estimate of drug-likeness (QED) is 0.227. The van der Waals surface area contributed by atoms with Gasteiger partial charge in [0.2, 0.25) is 0 Å². The molecule has 3 aromatic rings. The number of aliphatic hydroxyl groups excluding tert-OH is 1. The number of anilines is 1. The fraction of sp³-hybridized carbons (Fsp3) is 0.167. The van der Waals surface area contributed by atoms with Crippen LogP contribution in [0.15, 0.2) is 48.0 Å². The third-order valence-electron chi connectivity index (χ3n) is 5.43. The van der Waals surface area contributed by atoms with Crippen molar-refractivity contribution in [2.75, 3.05) is 19.1 Å². The molecule has 4 rings (SSSR count). The monoisotopic (exact) mass is 516 g/mol. The van der Waals surface area contributed by atoms with Gasteiger partial charge in [0.15, 0.2) is 5.13 Å². The number of aliphatic hydroxyl groups is 1. The maximum atomic E-state index is 15.0. The van der Waals surface area contributed by atoms with E-state index in [4.69, 9.17) is 21.1 Å². The molecule has 2 aromatic carbocycles. The molecule has 8 nitrogen and oxygen atoms in total. The van der Waals surface area contributed by atoms with Crippen molar-refractivity contribution in [3.05, 3.63) is 80.6 Å². The number of amides is 1. The Bertz CT molecular complexity index is 1400. The Morgan fingerprint density at radius 3 is 2.54 bits per heavy atom. The zero-order valence-electron chi connectivity index (χ0n) is 18.7. The number of methoxy groups -OCH3 is 2. The summed E-state index contributed by atoms with van der Waals surface area (Å²) in [6, 6.07) is 8.51. The summed E-state index contributed by atoms with van der Waals surface area (Å²) >= 11 is 7.00. The fourth-order valence-electron chi connectivity index (χ4n) is 3.76. The zero-order chi connectivity index (χ0) is 25.4. The number of hydrogen-bond acceptors (Lipinski definition) is 8. The molecule has 1 unspecified atom stereocenters. The molecule has 1 aromatic heterocycles. The van der Waals surface area contributed by atoms with E-state index < -0.39 is 35.3 Å². The topological polar surface area (TPSA) is 106 Å². The van der Waals surface area contributed by atoms with Gasteiger partial charge < -0.3 is 14.6 Å². The minimum absolute atomic E-state index is 0.0231. The lowest BCUT2D eigenvalue weighted by Gasteiger charge is -2.23. The number of carbonyl (C=O) groups excluding carboxylic acids is 3. The van der Waals surface area contributed by atoms with Gasteiger partial charge in [-0.25, -0.2) is 14.2 Å². The molecule has 1 aliphatic rings. The third-order valence-corrected chi connectivity index (χ3v) is 6.86. The standard InChI is InChI=1S/C24H18ClFN2O6S/c1-11-21(23(32)34-3)35-24(27-11)28-18(13-6-4-5-7-15(13)26)17(20(30)22(28)31)19(29)12-8-9-16(33-2)14(25)10-12/h4-10,18,29H,1-3H3/b19-17+. The highest BCUT2D eigenvalue weighted by Crippen LogP contribution is 2.45. The molecule has 1 aliphatic heterocycles. The molecular weight excluding hydrogens is 499 g/mol. The van der Waals surface area contributed by atoms with Gasteiger partial charge in [0.1, 0.15) is 28.2 Å². The Morgan fingerprint density at radius 2 is 1.91 bits per heavy atom. The van der Waals surface area contributed by atoms with Crippen LogP contribution < -0.4 is 9.64 Å². The van der Waals surface area contributed by atoms with Crippen LogP contribution in [0.25, 0.3) is 5.76 Å². The van der Waals surface area contributed by atoms with E-state index in [0.29, 0.717) is 5.75 Å². The average Bonchev–Trinajstić information content (AvgIpc) is 3.35. The molecule has 11 heteroatoms. The molecule has 1 amide bonds. The molecule has 1 saturated heterocycles. The lowest BCUT2D eigenvalue weighted by molar-refractivity contribution is -0.132. The Hall–Kier alpha value is -3.76. The van der Waals surface area contributed by atoms with Crippen LogP contribution in [-0.4, -0.2) is 42.0 Å². The molecule has 35 heavy (non-hydrogen) atoms. The predicted molar refractivity (Wildman–Crippen MR) is 127 cm³/mol. The van der Waals surface area contributed by atoms with Gasteiger partial charge in [-0.1, -0.05) is 41.1 Å². The van der Waals surface area contributed by atoms with Crippen molar-refractivity contribution in [3.8, 4) is 5.75 Å². The van der Waals surface area contributed by atoms with Crippen LogP contribution in [0.3, 0.4) is 0 Å². The number of esters is 1. The number of carbonyl (C=O) groups is 3. The molecule has 2 heterocycles. The smallest absolute Gasteiger partial charge is 0.350 e. The van der Waals surface area contributed by atoms with E-state index >= 15 is 0 Å². The molecule has 0 spiro atoms. The van der Waals surface area contributed by atoms with Crippen LogP contribution in [-0.2, 0) is 14.3 Å². The van der Waals surface area contributed by atoms with Gasteiger partial charge in [-0.3, -0.25) is 14.5 Å². The second-order valence-corrected chi connectivity index (χ2v) is 8.83. The summed E-state index contributed by atoms with van der Waals surface area (Å²) < 4.78 is 24.8. The number of aromatic nitrogens is 1. The van der Waals surface area contributed by atoms with Gasteiger partial charge >= 0.3 is 11.9 Å². The summed E-state index contributed by atoms with van der Waals surface area (Å²) in [6.07, 6.45) is 0. The van der Waals surface area contributed by atoms with E-state index in [1.165, 1.54) is 56.7 Å². The van der Waals surface area contributed by atoms with Gasteiger partial charge in [0.05, 0.1) is 30.5 Å². The van der Waals surface area contributed by atoms with Crippen LogP contribution in [0, 0.1) is 12.7 Å². The second kappa shape index (κ2) is 9.47. The van der Waals surface area contributed by atoms with Crippen LogP contribution in [0.2, 0.25) is 5.02 Å². The SMILES string of the molecule is COC(=O)c1sc(N2C(=O)C(=O)/C(=C(/O)c3ccc(OC)c(Cl)c3)C2c2ccccc2F)nc1C. The van der Waals surface area contributed by atoms with Crippen LogP contribution in [0.1, 0.15) is 32.5 Å². The van der Waals surface area contributed by atoms with E-state index in [0.717, 1.165) is 16.2 Å². The van der Waals surface area contributed by atoms with Crippen molar-refractivity contribution in [2.45, 2.75) is 13.0 Å². The Kier molecular flexibility index (Phi) is 6.60. The molecule has 1 atom stereocenters. The number of benzene rings is 2. The predicted octanol–water partition coefficient (Wildman–Crippen LogP) is 4.67. The minimum Gasteiger partial charge on any atom is -0.507 e. The van der Waals surface area contributed by atoms with Crippen molar-refractivity contribution in [1.29, 1.82) is 0 Å². The van der Waals surface area contributed by atoms with Crippen molar-refractivity contribution >= 4 is 51.5 Å². The highest BCUT2D eigenvalue weighted by Gasteiger charge is 2.49. The molecule has 180 valence electrons. The lowest BCUT2D eigenvalue weighted by atomic mass is 9.95. The highest BCUT2D eigenvalue weighted by atomic mass is 35.5. The Balaban J connectivity index is 1.95. The number of rotatable bonds is 5. The number of hydrogen-bond donors (Lipinski definition) is 1. The van der Waals surface area contributed by atoms with E-state index in [1.54, 1.807) is 6.92 Å². The molecular formula is C24H18ClFN2O6S. The van der Waals surface area contributed by atoms with Crippen molar-refractivity contribution in [2.24, 2.45) is 0 Å². The van der Waals surface area contributed by atoms with E-state index in [2.05, 4.69) is 4.98 Å². The molecule has 0 aliphatic carbocycles. The first kappa shape index (κ1) is 24.4. The normalized spacial score (nSPS) is 17.1. The second-order valence-electron chi connectivity index (χ2n) is 7.44. The minimum atomic E-state index is -1.35. The highest BCUT2D eigenvalue weighted by molar-refractivity contribution is 7.17. The zero-order valence-corrected chi connectivity index (χ0v) is 20.2. The fourth-order valence-corrected chi connectivity index (χ4v) is 5.03. The number of ether oxygens (including phenoxy) is 2. The van der Waals surface area contributed by atoms with Gasteiger partial charge in [-0.15, -0.1) is 0 Å². The maximum Gasteiger partial charge on any atom is 0.350 e. The van der Waals surface area contributed by atoms with Gasteiger partial charge in [-0.2, -0.15) is 0 Å². The average molecular weight is 517 g/mol. The third kappa shape index (κ3) is 4.15. The summed E-state index contributed by atoms with van der Waals surface area (Å²) in [5, 5.41) is 11.3. The Morgan fingerprint density at radius 1 is 1.20 bits per heavy atom. The van der Waals surface area contributed by atoms with E-state index in [1.807, 2.05) is 0 Å². The van der Waals surface area contributed by atoms with Gasteiger partial charge in [0, 0.05) is 11.1 Å². The molecule has 0 radical (unpaired) electrons. The lowest BCUT2D eigenvalue weighted by Crippen LogP contribution is -2.29. The summed E-state index contributed by atoms with van der Waals surface area (Å²) in [4.78, 5) is 43.8. The first-order valence-electron chi connectivity index (χ1n) is 10.1. The first-order chi connectivity index (χ1) is 16.7. The number of nitrogens with zero attached hydrogens (tertiary/aromatic N) is 2. The maximum absolute atomic E-state index is 15.0. The van der Waals surface area contributed by atoms with Crippen molar-refractivity contribution < 1.29 is 33.4 Å². The summed E-state index contributed by atoms with van der Waals surface area (Å²) in [7, 11) is 2.62. The Labute approximate surface area is 208 Å². The number of Topliss-reactive ketones (excluding diaryl/α,β-unsaturated/α-hetero) is 1. The van der Waals surface area contributed by atoms with Crippen LogP contribution in [0.5, 0.6) is 5.75 Å². The number of ketones is 1. The number of aryl methyl sites for hydroxylation is 1. The summed E-state index contributed by atoms with van der Waals surface area (Å²) in [5.41, 5.74) is 0.00260. The summed E-state index contributed by atoms with van der Waals surface area (Å²) in [6.45, 7) is 1.54. The molecule has 1 fully saturated rings. The van der Waals surface area contributed by atoms with Gasteiger partial charge in [-0.05, 0) is 31.2 Å². The van der Waals surface area contributed by atoms with Crippen LogP contribution in [0.4, 0.5) is 9.52 Å². The van der Waals surface area contributed by atoms with Gasteiger partial charge in [0.25, 0.3) is 5.78 Å². The number of thiazole rings is 1. The first-order valence-corrected chi connectivity index (χ1v) is 11.3. The number of halogens is 2. The summed E-state index contributed by atoms with van der Waals surface area (Å²) in [5.74, 6) is -3.67. The van der Waals surface area contributed by atoms with Crippen molar-refractivity contribution in [3.63, 3.8) is 0 Å². The molecule has 0 bridgehead atoms. The van der Waals surface area contributed by atoms with Crippen LogP contribution >= 0.6 is 22.9 Å². The largest absolute Gasteiger partial charge is 0.507 e. The van der Waals surface area contributed by atoms with E-state index in [-0.39, 0.29) is 37.4 Å².